The van der Waals surface area contributed by atoms with Gasteiger partial charge in [-0.15, -0.1) is 0 Å². The molecule has 1 aliphatic carbocycles. The van der Waals surface area contributed by atoms with Gasteiger partial charge in [0.25, 0.3) is 0 Å². The summed E-state index contributed by atoms with van der Waals surface area (Å²) in [5, 5.41) is 9.87. The van der Waals surface area contributed by atoms with Crippen LogP contribution in [0.2, 0.25) is 0 Å². The Bertz CT molecular complexity index is 1100. The Hall–Kier alpha value is -3.50. The summed E-state index contributed by atoms with van der Waals surface area (Å²) in [5.74, 6) is 0.489. The number of carbonyl (C=O) groups excluding carboxylic acids is 1. The van der Waals surface area contributed by atoms with Gasteiger partial charge in [0.1, 0.15) is 11.2 Å². The quantitative estimate of drug-likeness (QED) is 0.286. The molecule has 1 aromatic heterocycles. The van der Waals surface area contributed by atoms with Crippen molar-refractivity contribution in [2.45, 2.75) is 24.8 Å². The minimum absolute atomic E-state index is 0.0143. The predicted octanol–water partition coefficient (Wildman–Crippen LogP) is 5.31. The summed E-state index contributed by atoms with van der Waals surface area (Å²) in [6.07, 6.45) is 5.97. The van der Waals surface area contributed by atoms with E-state index in [1.54, 1.807) is 12.5 Å². The lowest BCUT2D eigenvalue weighted by molar-refractivity contribution is 0.0912. The lowest BCUT2D eigenvalue weighted by Crippen LogP contribution is -2.39. The Balaban J connectivity index is 1.73. The van der Waals surface area contributed by atoms with E-state index in [0.29, 0.717) is 18.0 Å². The third-order valence-corrected chi connectivity index (χ3v) is 6.83. The van der Waals surface area contributed by atoms with Crippen molar-refractivity contribution in [3.63, 3.8) is 0 Å². The fourth-order valence-electron chi connectivity index (χ4n) is 5.01. The van der Waals surface area contributed by atoms with Crippen LogP contribution in [0.15, 0.2) is 104 Å². The summed E-state index contributed by atoms with van der Waals surface area (Å²) in [6, 6.07) is 30.8. The van der Waals surface area contributed by atoms with E-state index in [9.17, 15) is 9.90 Å². The number of rotatable bonds is 9. The van der Waals surface area contributed by atoms with Gasteiger partial charge in [-0.2, -0.15) is 0 Å². The van der Waals surface area contributed by atoms with Gasteiger partial charge >= 0.3 is 0 Å². The van der Waals surface area contributed by atoms with Gasteiger partial charge in [-0.25, -0.2) is 4.98 Å². The molecule has 0 saturated heterocycles. The number of aliphatic hydroxyl groups is 1. The Kier molecular flexibility index (Phi) is 5.93. The standard InChI is InChI=1S/C29H28N2O2/c32-20-23(22-16-17-22)18-28(33)27-19-30-21-31(27)29(24-10-4-1-5-11-24,25-12-6-2-7-13-25)26-14-8-3-9-15-26/h1-15,19,21-23,32H,16-18,20H2. The molecular formula is C29H28N2O2. The van der Waals surface area contributed by atoms with Gasteiger partial charge in [-0.05, 0) is 41.4 Å². The van der Waals surface area contributed by atoms with Gasteiger partial charge < -0.3 is 9.67 Å². The first-order chi connectivity index (χ1) is 16.2. The molecule has 166 valence electrons. The number of benzene rings is 3. The summed E-state index contributed by atoms with van der Waals surface area (Å²) in [7, 11) is 0. The normalized spacial score (nSPS) is 14.7. The van der Waals surface area contributed by atoms with Crippen LogP contribution in [0.5, 0.6) is 0 Å². The molecule has 33 heavy (non-hydrogen) atoms. The molecule has 0 spiro atoms. The maximum absolute atomic E-state index is 13.6. The zero-order chi connectivity index (χ0) is 22.7. The third kappa shape index (κ3) is 3.91. The molecule has 1 aliphatic rings. The number of nitrogens with zero attached hydrogens (tertiary/aromatic N) is 2. The average Bonchev–Trinajstić information content (AvgIpc) is 3.61. The Morgan fingerprint density at radius 1 is 0.879 bits per heavy atom. The highest BCUT2D eigenvalue weighted by molar-refractivity contribution is 5.95. The van der Waals surface area contributed by atoms with Crippen LogP contribution in [0.25, 0.3) is 0 Å². The topological polar surface area (TPSA) is 55.1 Å². The molecular weight excluding hydrogens is 408 g/mol. The van der Waals surface area contributed by atoms with Crippen LogP contribution in [-0.2, 0) is 5.54 Å². The van der Waals surface area contributed by atoms with Gasteiger partial charge in [-0.3, -0.25) is 4.79 Å². The number of carbonyl (C=O) groups is 1. The number of aromatic nitrogens is 2. The summed E-state index contributed by atoms with van der Waals surface area (Å²) in [4.78, 5) is 18.1. The molecule has 4 heteroatoms. The highest BCUT2D eigenvalue weighted by atomic mass is 16.3. The van der Waals surface area contributed by atoms with Crippen LogP contribution >= 0.6 is 0 Å². The van der Waals surface area contributed by atoms with E-state index in [-0.39, 0.29) is 18.3 Å². The van der Waals surface area contributed by atoms with Crippen LogP contribution < -0.4 is 0 Å². The first-order valence-corrected chi connectivity index (χ1v) is 11.6. The number of Topliss-reactive ketones (excluding diaryl/α,β-unsaturated/α-hetero) is 1. The van der Waals surface area contributed by atoms with Crippen molar-refractivity contribution in [1.82, 2.24) is 9.55 Å². The van der Waals surface area contributed by atoms with Gasteiger partial charge in [0.15, 0.2) is 5.78 Å². The molecule has 1 N–H and O–H groups in total. The van der Waals surface area contributed by atoms with Crippen LogP contribution in [0.3, 0.4) is 0 Å². The van der Waals surface area contributed by atoms with Crippen molar-refractivity contribution in [2.75, 3.05) is 6.61 Å². The van der Waals surface area contributed by atoms with Crippen LogP contribution in [0.1, 0.15) is 46.4 Å². The highest BCUT2D eigenvalue weighted by Gasteiger charge is 2.41. The third-order valence-electron chi connectivity index (χ3n) is 6.83. The fourth-order valence-corrected chi connectivity index (χ4v) is 5.01. The second-order valence-corrected chi connectivity index (χ2v) is 8.86. The molecule has 0 bridgehead atoms. The number of hydrogen-bond donors (Lipinski definition) is 1. The van der Waals surface area contributed by atoms with Crippen molar-refractivity contribution < 1.29 is 9.90 Å². The van der Waals surface area contributed by atoms with Gasteiger partial charge in [0.05, 0.1) is 12.5 Å². The van der Waals surface area contributed by atoms with E-state index in [1.807, 2.05) is 59.2 Å². The lowest BCUT2D eigenvalue weighted by atomic mass is 9.76. The number of hydrogen-bond acceptors (Lipinski definition) is 3. The van der Waals surface area contributed by atoms with E-state index in [4.69, 9.17) is 0 Å². The number of ketones is 1. The van der Waals surface area contributed by atoms with Gasteiger partial charge in [-0.1, -0.05) is 91.0 Å². The Morgan fingerprint density at radius 3 is 1.79 bits per heavy atom. The SMILES string of the molecule is O=C(CC(CO)C1CC1)c1cncn1C(c1ccccc1)(c1ccccc1)c1ccccc1. The number of aliphatic hydroxyl groups excluding tert-OH is 1. The van der Waals surface area contributed by atoms with E-state index in [1.165, 1.54) is 0 Å². The molecule has 0 aliphatic heterocycles. The van der Waals surface area contributed by atoms with Crippen molar-refractivity contribution >= 4 is 5.78 Å². The molecule has 3 aromatic carbocycles. The fraction of sp³-hybridized carbons (Fsp3) is 0.241. The smallest absolute Gasteiger partial charge is 0.181 e. The molecule has 1 fully saturated rings. The summed E-state index contributed by atoms with van der Waals surface area (Å²) >= 11 is 0. The first kappa shape index (κ1) is 21.4. The minimum atomic E-state index is -0.764. The second kappa shape index (κ2) is 9.16. The summed E-state index contributed by atoms with van der Waals surface area (Å²) in [6.45, 7) is 0.0474. The molecule has 4 nitrogen and oxygen atoms in total. The average molecular weight is 437 g/mol. The Morgan fingerprint density at radius 2 is 1.36 bits per heavy atom. The summed E-state index contributed by atoms with van der Waals surface area (Å²) < 4.78 is 2.02. The maximum Gasteiger partial charge on any atom is 0.181 e. The molecule has 1 saturated carbocycles. The van der Waals surface area contributed by atoms with E-state index >= 15 is 0 Å². The van der Waals surface area contributed by atoms with E-state index < -0.39 is 5.54 Å². The Labute approximate surface area is 194 Å². The molecule has 1 unspecified atom stereocenters. The van der Waals surface area contributed by atoms with Crippen molar-refractivity contribution in [1.29, 1.82) is 0 Å². The molecule has 0 amide bonds. The number of imidazole rings is 1. The molecule has 1 atom stereocenters. The predicted molar refractivity (Wildman–Crippen MR) is 129 cm³/mol. The molecule has 5 rings (SSSR count). The van der Waals surface area contributed by atoms with Gasteiger partial charge in [0, 0.05) is 13.0 Å². The monoisotopic (exact) mass is 436 g/mol. The second-order valence-electron chi connectivity index (χ2n) is 8.86. The zero-order valence-corrected chi connectivity index (χ0v) is 18.5. The van der Waals surface area contributed by atoms with Gasteiger partial charge in [0.2, 0.25) is 0 Å². The van der Waals surface area contributed by atoms with Crippen molar-refractivity contribution in [3.05, 3.63) is 126 Å². The van der Waals surface area contributed by atoms with Crippen LogP contribution in [0.4, 0.5) is 0 Å². The largest absolute Gasteiger partial charge is 0.396 e. The van der Waals surface area contributed by atoms with Crippen molar-refractivity contribution in [3.8, 4) is 0 Å². The van der Waals surface area contributed by atoms with E-state index in [2.05, 4.69) is 41.4 Å². The minimum Gasteiger partial charge on any atom is -0.396 e. The van der Waals surface area contributed by atoms with Crippen LogP contribution in [-0.4, -0.2) is 27.0 Å². The van der Waals surface area contributed by atoms with Crippen LogP contribution in [0, 0.1) is 11.8 Å². The first-order valence-electron chi connectivity index (χ1n) is 11.6. The maximum atomic E-state index is 13.6. The summed E-state index contributed by atoms with van der Waals surface area (Å²) in [5.41, 5.74) is 2.95. The van der Waals surface area contributed by atoms with Crippen molar-refractivity contribution in [2.24, 2.45) is 11.8 Å². The zero-order valence-electron chi connectivity index (χ0n) is 18.5. The lowest BCUT2D eigenvalue weighted by Gasteiger charge is -2.38. The molecule has 4 aromatic rings. The highest BCUT2D eigenvalue weighted by Crippen LogP contribution is 2.42. The van der Waals surface area contributed by atoms with E-state index in [0.717, 1.165) is 29.5 Å². The molecule has 0 radical (unpaired) electrons. The molecule has 1 heterocycles.